The van der Waals surface area contributed by atoms with Crippen LogP contribution in [0.15, 0.2) is 36.7 Å². The van der Waals surface area contributed by atoms with Gasteiger partial charge in [-0.3, -0.25) is 15.8 Å². The Balaban J connectivity index is 2.38. The molecule has 5 heteroatoms. The van der Waals surface area contributed by atoms with E-state index in [2.05, 4.69) is 15.4 Å². The Kier molecular flexibility index (Phi) is 4.65. The predicted molar refractivity (Wildman–Crippen MR) is 78.1 cm³/mol. The van der Waals surface area contributed by atoms with Crippen molar-refractivity contribution in [2.45, 2.75) is 32.9 Å². The topological polar surface area (TPSA) is 73.1 Å². The van der Waals surface area contributed by atoms with E-state index in [1.54, 1.807) is 12.4 Å². The fourth-order valence-corrected chi connectivity index (χ4v) is 1.97. The van der Waals surface area contributed by atoms with Crippen molar-refractivity contribution in [2.75, 3.05) is 0 Å². The molecule has 1 unspecified atom stereocenters. The van der Waals surface area contributed by atoms with Gasteiger partial charge in [-0.05, 0) is 26.8 Å². The zero-order valence-electron chi connectivity index (χ0n) is 12.0. The third-order valence-corrected chi connectivity index (χ3v) is 2.86. The maximum Gasteiger partial charge on any atom is 0.124 e. The van der Waals surface area contributed by atoms with Crippen molar-refractivity contribution in [3.05, 3.63) is 53.6 Å². The van der Waals surface area contributed by atoms with E-state index >= 15 is 0 Å². The minimum absolute atomic E-state index is 0.0960. The lowest BCUT2D eigenvalue weighted by atomic mass is 10.0. The number of hydrogen-bond acceptors (Lipinski definition) is 5. The van der Waals surface area contributed by atoms with Crippen LogP contribution in [0.1, 0.15) is 36.8 Å². The van der Waals surface area contributed by atoms with Crippen LogP contribution < -0.4 is 16.0 Å². The van der Waals surface area contributed by atoms with E-state index in [-0.39, 0.29) is 12.1 Å². The number of nitrogens with zero attached hydrogens (tertiary/aromatic N) is 2. The number of nitrogens with one attached hydrogen (secondary N) is 1. The standard InChI is InChI=1S/C15H20N4O/c1-10(2)20-14-7-5-4-6-12(14)15(19-16)13-9-17-11(3)8-18-13/h4-10,15,19H,16H2,1-3H3. The van der Waals surface area contributed by atoms with Gasteiger partial charge in [0.2, 0.25) is 0 Å². The molecule has 1 atom stereocenters. The normalized spacial score (nSPS) is 12.4. The highest BCUT2D eigenvalue weighted by Gasteiger charge is 2.18. The average molecular weight is 272 g/mol. The molecule has 3 N–H and O–H groups in total. The summed E-state index contributed by atoms with van der Waals surface area (Å²) in [6.45, 7) is 5.89. The minimum atomic E-state index is -0.252. The predicted octanol–water partition coefficient (Wildman–Crippen LogP) is 2.12. The van der Waals surface area contributed by atoms with Crippen LogP contribution in [0.25, 0.3) is 0 Å². The molecule has 0 radical (unpaired) electrons. The number of aryl methyl sites for hydroxylation is 1. The zero-order valence-corrected chi connectivity index (χ0v) is 12.0. The van der Waals surface area contributed by atoms with Crippen molar-refractivity contribution in [3.8, 4) is 5.75 Å². The van der Waals surface area contributed by atoms with Gasteiger partial charge in [-0.15, -0.1) is 0 Å². The van der Waals surface area contributed by atoms with Gasteiger partial charge in [0.25, 0.3) is 0 Å². The summed E-state index contributed by atoms with van der Waals surface area (Å²) >= 11 is 0. The third kappa shape index (κ3) is 3.31. The molecule has 20 heavy (non-hydrogen) atoms. The molecule has 0 saturated carbocycles. The summed E-state index contributed by atoms with van der Waals surface area (Å²) in [5.74, 6) is 6.50. The summed E-state index contributed by atoms with van der Waals surface area (Å²) in [6, 6.07) is 7.55. The lowest BCUT2D eigenvalue weighted by Crippen LogP contribution is -2.30. The Morgan fingerprint density at radius 2 is 1.90 bits per heavy atom. The molecule has 0 spiro atoms. The number of ether oxygens (including phenoxy) is 1. The van der Waals surface area contributed by atoms with Crippen molar-refractivity contribution in [1.82, 2.24) is 15.4 Å². The Morgan fingerprint density at radius 1 is 1.15 bits per heavy atom. The maximum atomic E-state index is 5.83. The fourth-order valence-electron chi connectivity index (χ4n) is 1.97. The van der Waals surface area contributed by atoms with E-state index in [1.807, 2.05) is 45.0 Å². The molecule has 0 bridgehead atoms. The largest absolute Gasteiger partial charge is 0.491 e. The fraction of sp³-hybridized carbons (Fsp3) is 0.333. The number of hydrazine groups is 1. The second kappa shape index (κ2) is 6.45. The van der Waals surface area contributed by atoms with Gasteiger partial charge in [0, 0.05) is 11.8 Å². The van der Waals surface area contributed by atoms with Gasteiger partial charge >= 0.3 is 0 Å². The Labute approximate surface area is 119 Å². The second-order valence-electron chi connectivity index (χ2n) is 4.89. The first-order chi connectivity index (χ1) is 9.61. The van der Waals surface area contributed by atoms with Crippen molar-refractivity contribution in [1.29, 1.82) is 0 Å². The summed E-state index contributed by atoms with van der Waals surface area (Å²) in [4.78, 5) is 8.65. The lowest BCUT2D eigenvalue weighted by molar-refractivity contribution is 0.238. The summed E-state index contributed by atoms with van der Waals surface area (Å²) in [5, 5.41) is 0. The highest BCUT2D eigenvalue weighted by Crippen LogP contribution is 2.29. The van der Waals surface area contributed by atoms with Crippen LogP contribution in [0.4, 0.5) is 0 Å². The van der Waals surface area contributed by atoms with E-state index in [0.29, 0.717) is 0 Å². The molecule has 2 aromatic rings. The Bertz CT molecular complexity index is 554. The second-order valence-corrected chi connectivity index (χ2v) is 4.89. The van der Waals surface area contributed by atoms with Gasteiger partial charge in [-0.25, -0.2) is 5.43 Å². The summed E-state index contributed by atoms with van der Waals surface area (Å²) in [7, 11) is 0. The Morgan fingerprint density at radius 3 is 2.50 bits per heavy atom. The van der Waals surface area contributed by atoms with Crippen LogP contribution in [0.2, 0.25) is 0 Å². The SMILES string of the molecule is Cc1cnc(C(NN)c2ccccc2OC(C)C)cn1. The first-order valence-corrected chi connectivity index (χ1v) is 6.62. The number of para-hydroxylation sites is 1. The first kappa shape index (κ1) is 14.4. The molecule has 0 saturated heterocycles. The molecule has 1 aromatic carbocycles. The number of nitrogens with two attached hydrogens (primary N) is 1. The third-order valence-electron chi connectivity index (χ3n) is 2.86. The van der Waals surface area contributed by atoms with E-state index in [1.165, 1.54) is 0 Å². The van der Waals surface area contributed by atoms with E-state index in [4.69, 9.17) is 10.6 Å². The van der Waals surface area contributed by atoms with Crippen molar-refractivity contribution in [3.63, 3.8) is 0 Å². The van der Waals surface area contributed by atoms with Gasteiger partial charge in [0.1, 0.15) is 5.75 Å². The summed E-state index contributed by atoms with van der Waals surface area (Å²) in [5.41, 5.74) is 5.36. The first-order valence-electron chi connectivity index (χ1n) is 6.62. The quantitative estimate of drug-likeness (QED) is 0.644. The van der Waals surface area contributed by atoms with Crippen LogP contribution in [0.3, 0.4) is 0 Å². The molecule has 0 amide bonds. The highest BCUT2D eigenvalue weighted by molar-refractivity contribution is 5.39. The minimum Gasteiger partial charge on any atom is -0.491 e. The van der Waals surface area contributed by atoms with Gasteiger partial charge in [-0.2, -0.15) is 0 Å². The maximum absolute atomic E-state index is 5.83. The van der Waals surface area contributed by atoms with Crippen LogP contribution in [0.5, 0.6) is 5.75 Å². The molecule has 2 rings (SSSR count). The van der Waals surface area contributed by atoms with Gasteiger partial charge in [0.05, 0.1) is 29.7 Å². The van der Waals surface area contributed by atoms with Crippen molar-refractivity contribution in [2.24, 2.45) is 5.84 Å². The number of aromatic nitrogens is 2. The van der Waals surface area contributed by atoms with E-state index in [9.17, 15) is 0 Å². The molecule has 0 fully saturated rings. The molecule has 5 nitrogen and oxygen atoms in total. The zero-order chi connectivity index (χ0) is 14.5. The molecule has 106 valence electrons. The Hall–Kier alpha value is -1.98. The summed E-state index contributed by atoms with van der Waals surface area (Å²) < 4.78 is 5.83. The van der Waals surface area contributed by atoms with Gasteiger partial charge in [0.15, 0.2) is 0 Å². The van der Waals surface area contributed by atoms with Crippen molar-refractivity contribution < 1.29 is 4.74 Å². The number of hydrogen-bond donors (Lipinski definition) is 2. The molecule has 0 aliphatic rings. The molecule has 1 heterocycles. The van der Waals surface area contributed by atoms with Crippen LogP contribution in [-0.4, -0.2) is 16.1 Å². The molecule has 0 aliphatic heterocycles. The molecule has 1 aromatic heterocycles. The van der Waals surface area contributed by atoms with Crippen LogP contribution in [0, 0.1) is 6.92 Å². The van der Waals surface area contributed by atoms with Crippen molar-refractivity contribution >= 4 is 0 Å². The molecular formula is C15H20N4O. The van der Waals surface area contributed by atoms with E-state index < -0.39 is 0 Å². The van der Waals surface area contributed by atoms with E-state index in [0.717, 1.165) is 22.7 Å². The smallest absolute Gasteiger partial charge is 0.124 e. The molecular weight excluding hydrogens is 252 g/mol. The number of benzene rings is 1. The van der Waals surface area contributed by atoms with Gasteiger partial charge < -0.3 is 4.74 Å². The average Bonchev–Trinajstić information content (AvgIpc) is 2.43. The highest BCUT2D eigenvalue weighted by atomic mass is 16.5. The summed E-state index contributed by atoms with van der Waals surface area (Å²) in [6.07, 6.45) is 3.55. The van der Waals surface area contributed by atoms with Crippen LogP contribution in [-0.2, 0) is 0 Å². The molecule has 0 aliphatic carbocycles. The van der Waals surface area contributed by atoms with Crippen LogP contribution >= 0.6 is 0 Å². The lowest BCUT2D eigenvalue weighted by Gasteiger charge is -2.20. The monoisotopic (exact) mass is 272 g/mol. The van der Waals surface area contributed by atoms with Gasteiger partial charge in [-0.1, -0.05) is 18.2 Å². The number of rotatable bonds is 5.